The van der Waals surface area contributed by atoms with Crippen LogP contribution in [0.25, 0.3) is 22.2 Å². The van der Waals surface area contributed by atoms with Crippen LogP contribution in [0.1, 0.15) is 65.1 Å². The summed E-state index contributed by atoms with van der Waals surface area (Å²) < 4.78 is 7.95. The molecular formula is C30H34N4O3. The summed E-state index contributed by atoms with van der Waals surface area (Å²) in [6.45, 7) is 9.65. The molecule has 1 aromatic carbocycles. The third-order valence-electron chi connectivity index (χ3n) is 7.84. The SMILES string of the molecule is Cc1cc(C)c(CCC(=O)c2c(C)n(C(C)C3CCOCC3)c3cc(-c4cnccn4)ccc23)c(=O)[nH]1. The van der Waals surface area contributed by atoms with Crippen LogP contribution in [-0.2, 0) is 11.2 Å². The molecule has 0 spiro atoms. The van der Waals surface area contributed by atoms with E-state index in [0.29, 0.717) is 17.9 Å². The summed E-state index contributed by atoms with van der Waals surface area (Å²) in [6.07, 6.45) is 7.82. The summed E-state index contributed by atoms with van der Waals surface area (Å²) in [7, 11) is 0. The first-order valence-electron chi connectivity index (χ1n) is 13.1. The maximum absolute atomic E-state index is 13.7. The topological polar surface area (TPSA) is 89.9 Å². The quantitative estimate of drug-likeness (QED) is 0.339. The zero-order valence-electron chi connectivity index (χ0n) is 22.0. The third-order valence-corrected chi connectivity index (χ3v) is 7.84. The van der Waals surface area contributed by atoms with Crippen molar-refractivity contribution in [2.75, 3.05) is 13.2 Å². The van der Waals surface area contributed by atoms with E-state index in [1.165, 1.54) is 0 Å². The zero-order chi connectivity index (χ0) is 26.1. The minimum atomic E-state index is -0.105. The highest BCUT2D eigenvalue weighted by Crippen LogP contribution is 2.37. The molecule has 7 heteroatoms. The van der Waals surface area contributed by atoms with Gasteiger partial charge in [-0.25, -0.2) is 0 Å². The average molecular weight is 499 g/mol. The van der Waals surface area contributed by atoms with Gasteiger partial charge in [0.1, 0.15) is 0 Å². The molecule has 4 aromatic rings. The Labute approximate surface area is 216 Å². The van der Waals surface area contributed by atoms with Crippen LogP contribution in [0.5, 0.6) is 0 Å². The fraction of sp³-hybridized carbons (Fsp3) is 0.400. The summed E-state index contributed by atoms with van der Waals surface area (Å²) in [5.41, 5.74) is 6.87. The number of H-pyrrole nitrogens is 1. The number of nitrogens with one attached hydrogen (secondary N) is 1. The molecule has 1 atom stereocenters. The average Bonchev–Trinajstić information content (AvgIpc) is 3.19. The Bertz CT molecular complexity index is 1500. The molecule has 0 saturated carbocycles. The Morgan fingerprint density at radius 2 is 1.95 bits per heavy atom. The van der Waals surface area contributed by atoms with Crippen LogP contribution in [-0.4, -0.2) is 38.5 Å². The summed E-state index contributed by atoms with van der Waals surface area (Å²) in [5, 5.41) is 0.948. The first kappa shape index (κ1) is 25.1. The molecule has 1 fully saturated rings. The highest BCUT2D eigenvalue weighted by molar-refractivity contribution is 6.10. The van der Waals surface area contributed by atoms with Gasteiger partial charge in [0.15, 0.2) is 5.78 Å². The van der Waals surface area contributed by atoms with Crippen LogP contribution in [0.4, 0.5) is 0 Å². The predicted octanol–water partition coefficient (Wildman–Crippen LogP) is 5.51. The van der Waals surface area contributed by atoms with E-state index >= 15 is 0 Å². The molecule has 0 radical (unpaired) electrons. The summed E-state index contributed by atoms with van der Waals surface area (Å²) in [4.78, 5) is 37.9. The monoisotopic (exact) mass is 498 g/mol. The van der Waals surface area contributed by atoms with E-state index in [-0.39, 0.29) is 23.8 Å². The van der Waals surface area contributed by atoms with Crippen LogP contribution in [0.15, 0.2) is 47.7 Å². The van der Waals surface area contributed by atoms with Crippen molar-refractivity contribution >= 4 is 16.7 Å². The fourth-order valence-corrected chi connectivity index (χ4v) is 5.89. The summed E-state index contributed by atoms with van der Waals surface area (Å²) >= 11 is 0. The maximum atomic E-state index is 13.7. The smallest absolute Gasteiger partial charge is 0.251 e. The molecule has 7 nitrogen and oxygen atoms in total. The number of aryl methyl sites for hydroxylation is 2. The van der Waals surface area contributed by atoms with Crippen molar-refractivity contribution in [1.29, 1.82) is 0 Å². The van der Waals surface area contributed by atoms with Gasteiger partial charge in [0.25, 0.3) is 5.56 Å². The molecule has 1 aliphatic rings. The van der Waals surface area contributed by atoms with Crippen molar-refractivity contribution in [3.8, 4) is 11.3 Å². The minimum Gasteiger partial charge on any atom is -0.381 e. The van der Waals surface area contributed by atoms with Crippen LogP contribution >= 0.6 is 0 Å². The summed E-state index contributed by atoms with van der Waals surface area (Å²) in [6, 6.07) is 8.36. The molecule has 5 rings (SSSR count). The van der Waals surface area contributed by atoms with E-state index < -0.39 is 0 Å². The first-order chi connectivity index (χ1) is 17.8. The molecule has 37 heavy (non-hydrogen) atoms. The molecule has 1 aliphatic heterocycles. The number of rotatable bonds is 7. The van der Waals surface area contributed by atoms with E-state index in [1.54, 1.807) is 18.6 Å². The lowest BCUT2D eigenvalue weighted by Crippen LogP contribution is -2.24. The lowest BCUT2D eigenvalue weighted by Gasteiger charge is -2.30. The molecule has 0 amide bonds. The molecule has 4 heterocycles. The Kier molecular flexibility index (Phi) is 7.07. The van der Waals surface area contributed by atoms with Gasteiger partial charge in [0.05, 0.1) is 11.9 Å². The number of ketones is 1. The van der Waals surface area contributed by atoms with Crippen molar-refractivity contribution in [3.05, 3.63) is 81.3 Å². The van der Waals surface area contributed by atoms with E-state index in [1.807, 2.05) is 32.0 Å². The predicted molar refractivity (Wildman–Crippen MR) is 145 cm³/mol. The maximum Gasteiger partial charge on any atom is 0.251 e. The van der Waals surface area contributed by atoms with Gasteiger partial charge in [-0.15, -0.1) is 0 Å². The number of aromatic amines is 1. The summed E-state index contributed by atoms with van der Waals surface area (Å²) in [5.74, 6) is 0.534. The van der Waals surface area contributed by atoms with Crippen LogP contribution in [0, 0.1) is 26.7 Å². The van der Waals surface area contributed by atoms with Crippen LogP contribution < -0.4 is 5.56 Å². The van der Waals surface area contributed by atoms with Gasteiger partial charge in [-0.1, -0.05) is 12.1 Å². The standard InChI is InChI=1S/C30H34N4O3/c1-18-15-19(2)33-30(36)24(18)7-8-28(35)29-21(4)34(20(3)22-9-13-37-14-10-22)27-16-23(5-6-25(27)29)26-17-31-11-12-32-26/h5-6,11-12,15-17,20,22H,7-10,13-14H2,1-4H3,(H,33,36). The Morgan fingerprint density at radius 1 is 1.16 bits per heavy atom. The number of carbonyl (C=O) groups is 1. The number of benzene rings is 1. The number of fused-ring (bicyclic) bond motifs is 1. The minimum absolute atomic E-state index is 0.0621. The molecule has 3 aromatic heterocycles. The normalized spacial score (nSPS) is 15.2. The Morgan fingerprint density at radius 3 is 2.65 bits per heavy atom. The second kappa shape index (κ2) is 10.4. The molecule has 192 valence electrons. The van der Waals surface area contributed by atoms with Crippen LogP contribution in [0.2, 0.25) is 0 Å². The van der Waals surface area contributed by atoms with Crippen LogP contribution in [0.3, 0.4) is 0 Å². The number of ether oxygens (including phenoxy) is 1. The number of pyridine rings is 1. The Balaban J connectivity index is 1.57. The molecule has 0 bridgehead atoms. The van der Waals surface area contributed by atoms with E-state index in [4.69, 9.17) is 4.74 Å². The van der Waals surface area contributed by atoms with Crippen molar-refractivity contribution in [1.82, 2.24) is 19.5 Å². The van der Waals surface area contributed by atoms with Gasteiger partial charge < -0.3 is 14.3 Å². The molecular weight excluding hydrogens is 464 g/mol. The van der Waals surface area contributed by atoms with Gasteiger partial charge in [-0.05, 0) is 70.6 Å². The molecule has 0 aliphatic carbocycles. The van der Waals surface area contributed by atoms with Crippen molar-refractivity contribution in [3.63, 3.8) is 0 Å². The Hall–Kier alpha value is -3.58. The second-order valence-corrected chi connectivity index (χ2v) is 10.2. The molecule has 1 saturated heterocycles. The lowest BCUT2D eigenvalue weighted by molar-refractivity contribution is 0.0517. The van der Waals surface area contributed by atoms with Gasteiger partial charge in [-0.2, -0.15) is 0 Å². The number of carbonyl (C=O) groups excluding carboxylic acids is 1. The number of hydrogen-bond acceptors (Lipinski definition) is 5. The van der Waals surface area contributed by atoms with Gasteiger partial charge in [0.2, 0.25) is 0 Å². The zero-order valence-corrected chi connectivity index (χ0v) is 22.0. The number of hydrogen-bond donors (Lipinski definition) is 1. The van der Waals surface area contributed by atoms with Gasteiger partial charge in [-0.3, -0.25) is 19.6 Å². The van der Waals surface area contributed by atoms with E-state index in [0.717, 1.165) is 70.7 Å². The van der Waals surface area contributed by atoms with E-state index in [2.05, 4.69) is 39.4 Å². The van der Waals surface area contributed by atoms with Crippen molar-refractivity contribution in [2.24, 2.45) is 5.92 Å². The third kappa shape index (κ3) is 4.88. The van der Waals surface area contributed by atoms with Gasteiger partial charge >= 0.3 is 0 Å². The number of nitrogens with zero attached hydrogens (tertiary/aromatic N) is 3. The largest absolute Gasteiger partial charge is 0.381 e. The highest BCUT2D eigenvalue weighted by Gasteiger charge is 2.28. The first-order valence-corrected chi connectivity index (χ1v) is 13.1. The molecule has 1 N–H and O–H groups in total. The van der Waals surface area contributed by atoms with E-state index in [9.17, 15) is 9.59 Å². The second-order valence-electron chi connectivity index (χ2n) is 10.2. The van der Waals surface area contributed by atoms with Gasteiger partial charge in [0, 0.05) is 77.1 Å². The highest BCUT2D eigenvalue weighted by atomic mass is 16.5. The molecule has 1 unspecified atom stereocenters. The van der Waals surface area contributed by atoms with Crippen molar-refractivity contribution < 1.29 is 9.53 Å². The lowest BCUT2D eigenvalue weighted by atomic mass is 9.92. The fourth-order valence-electron chi connectivity index (χ4n) is 5.89. The number of Topliss-reactive ketones (excluding diaryl/α,β-unsaturated/α-hetero) is 1. The van der Waals surface area contributed by atoms with Crippen molar-refractivity contribution in [2.45, 2.75) is 59.4 Å². The number of aromatic nitrogens is 4.